The maximum Gasteiger partial charge on any atom is 0.278 e. The van der Waals surface area contributed by atoms with Crippen LogP contribution in [0.15, 0.2) is 59.4 Å². The van der Waals surface area contributed by atoms with Crippen LogP contribution in [-0.2, 0) is 6.67 Å². The van der Waals surface area contributed by atoms with Crippen molar-refractivity contribution in [2.45, 2.75) is 6.67 Å². The van der Waals surface area contributed by atoms with Gasteiger partial charge in [0.15, 0.2) is 0 Å². The fourth-order valence-corrected chi connectivity index (χ4v) is 3.09. The van der Waals surface area contributed by atoms with E-state index in [1.54, 1.807) is 6.07 Å². The van der Waals surface area contributed by atoms with Gasteiger partial charge in [0.05, 0.1) is 12.1 Å². The lowest BCUT2D eigenvalue weighted by molar-refractivity contribution is 0.189. The molecule has 1 aromatic heterocycles. The van der Waals surface area contributed by atoms with Crippen molar-refractivity contribution in [3.05, 3.63) is 65.0 Å². The number of nitrogens with zero attached hydrogens (tertiary/aromatic N) is 5. The lowest BCUT2D eigenvalue weighted by Gasteiger charge is -2.35. The number of para-hydroxylation sites is 1. The molecule has 24 heavy (non-hydrogen) atoms. The Morgan fingerprint density at radius 3 is 2.38 bits per heavy atom. The SMILES string of the molecule is O=c1c2ccccc2nnn1CN1CCN(c2ccccc2)CC1. The zero-order valence-electron chi connectivity index (χ0n) is 13.4. The van der Waals surface area contributed by atoms with Crippen LogP contribution in [0.5, 0.6) is 0 Å². The molecular formula is C18H19N5O. The van der Waals surface area contributed by atoms with Crippen LogP contribution in [-0.4, -0.2) is 46.1 Å². The van der Waals surface area contributed by atoms with Gasteiger partial charge in [0.1, 0.15) is 5.52 Å². The summed E-state index contributed by atoms with van der Waals surface area (Å²) < 4.78 is 1.46. The van der Waals surface area contributed by atoms with Crippen molar-refractivity contribution < 1.29 is 0 Å². The normalized spacial score (nSPS) is 15.8. The largest absolute Gasteiger partial charge is 0.369 e. The summed E-state index contributed by atoms with van der Waals surface area (Å²) in [7, 11) is 0. The highest BCUT2D eigenvalue weighted by Gasteiger charge is 2.18. The van der Waals surface area contributed by atoms with Crippen LogP contribution in [0.25, 0.3) is 10.9 Å². The summed E-state index contributed by atoms with van der Waals surface area (Å²) in [5.41, 5.74) is 1.82. The molecule has 6 heteroatoms. The van der Waals surface area contributed by atoms with Crippen LogP contribution in [0.4, 0.5) is 5.69 Å². The Labute approximate surface area is 139 Å². The van der Waals surface area contributed by atoms with E-state index in [-0.39, 0.29) is 5.56 Å². The number of hydrogen-bond acceptors (Lipinski definition) is 5. The van der Waals surface area contributed by atoms with Crippen molar-refractivity contribution in [2.24, 2.45) is 0 Å². The molecule has 1 fully saturated rings. The Morgan fingerprint density at radius 2 is 1.58 bits per heavy atom. The van der Waals surface area contributed by atoms with Gasteiger partial charge in [-0.25, -0.2) is 0 Å². The Balaban J connectivity index is 1.46. The molecule has 1 saturated heterocycles. The Hall–Kier alpha value is -2.73. The minimum Gasteiger partial charge on any atom is -0.369 e. The van der Waals surface area contributed by atoms with Crippen molar-refractivity contribution >= 4 is 16.6 Å². The smallest absolute Gasteiger partial charge is 0.278 e. The first-order valence-electron chi connectivity index (χ1n) is 8.16. The first-order chi connectivity index (χ1) is 11.8. The molecule has 0 amide bonds. The number of anilines is 1. The third-order valence-electron chi connectivity index (χ3n) is 4.46. The average molecular weight is 321 g/mol. The first kappa shape index (κ1) is 14.8. The fraction of sp³-hybridized carbons (Fsp3) is 0.278. The van der Waals surface area contributed by atoms with Gasteiger partial charge in [-0.15, -0.1) is 5.10 Å². The lowest BCUT2D eigenvalue weighted by atomic mass is 10.2. The predicted octanol–water partition coefficient (Wildman–Crippen LogP) is 1.57. The van der Waals surface area contributed by atoms with Gasteiger partial charge < -0.3 is 4.90 Å². The zero-order valence-corrected chi connectivity index (χ0v) is 13.4. The highest BCUT2D eigenvalue weighted by molar-refractivity contribution is 5.76. The minimum absolute atomic E-state index is 0.0777. The molecule has 2 heterocycles. The summed E-state index contributed by atoms with van der Waals surface area (Å²) in [4.78, 5) is 17.1. The molecule has 2 aromatic carbocycles. The summed E-state index contributed by atoms with van der Waals surface area (Å²) in [5.74, 6) is 0. The van der Waals surface area contributed by atoms with Gasteiger partial charge in [0.2, 0.25) is 0 Å². The van der Waals surface area contributed by atoms with Crippen LogP contribution < -0.4 is 10.5 Å². The second-order valence-corrected chi connectivity index (χ2v) is 5.99. The van der Waals surface area contributed by atoms with Crippen molar-refractivity contribution in [3.8, 4) is 0 Å². The van der Waals surface area contributed by atoms with Gasteiger partial charge in [0.25, 0.3) is 5.56 Å². The molecule has 0 saturated carbocycles. The highest BCUT2D eigenvalue weighted by atomic mass is 16.1. The average Bonchev–Trinajstić information content (AvgIpc) is 2.66. The molecule has 0 bridgehead atoms. The molecule has 0 unspecified atom stereocenters. The van der Waals surface area contributed by atoms with Gasteiger partial charge >= 0.3 is 0 Å². The Kier molecular flexibility index (Phi) is 3.96. The number of rotatable bonds is 3. The van der Waals surface area contributed by atoms with Gasteiger partial charge in [-0.2, -0.15) is 4.68 Å². The predicted molar refractivity (Wildman–Crippen MR) is 94.0 cm³/mol. The van der Waals surface area contributed by atoms with Crippen LogP contribution in [0.1, 0.15) is 0 Å². The third kappa shape index (κ3) is 2.88. The van der Waals surface area contributed by atoms with E-state index in [1.165, 1.54) is 10.4 Å². The summed E-state index contributed by atoms with van der Waals surface area (Å²) in [5, 5.41) is 8.84. The first-order valence-corrected chi connectivity index (χ1v) is 8.16. The van der Waals surface area contributed by atoms with Crippen LogP contribution in [0.2, 0.25) is 0 Å². The number of hydrogen-bond donors (Lipinski definition) is 0. The Morgan fingerprint density at radius 1 is 0.875 bits per heavy atom. The molecule has 0 aliphatic carbocycles. The lowest BCUT2D eigenvalue weighted by Crippen LogP contribution is -2.48. The van der Waals surface area contributed by atoms with E-state index in [1.807, 2.05) is 24.3 Å². The number of benzene rings is 2. The van der Waals surface area contributed by atoms with Crippen molar-refractivity contribution in [1.29, 1.82) is 0 Å². The number of fused-ring (bicyclic) bond motifs is 1. The molecule has 6 nitrogen and oxygen atoms in total. The fourth-order valence-electron chi connectivity index (χ4n) is 3.09. The summed E-state index contributed by atoms with van der Waals surface area (Å²) >= 11 is 0. The summed E-state index contributed by atoms with van der Waals surface area (Å²) in [6.07, 6.45) is 0. The topological polar surface area (TPSA) is 54.3 Å². The molecule has 0 N–H and O–H groups in total. The van der Waals surface area contributed by atoms with E-state index in [4.69, 9.17) is 0 Å². The van der Waals surface area contributed by atoms with E-state index < -0.39 is 0 Å². The molecule has 1 aliphatic heterocycles. The molecule has 3 aromatic rings. The van der Waals surface area contributed by atoms with Crippen LogP contribution >= 0.6 is 0 Å². The quantitative estimate of drug-likeness (QED) is 0.733. The second-order valence-electron chi connectivity index (χ2n) is 5.99. The van der Waals surface area contributed by atoms with E-state index >= 15 is 0 Å². The second kappa shape index (κ2) is 6.41. The molecular weight excluding hydrogens is 302 g/mol. The highest BCUT2D eigenvalue weighted by Crippen LogP contribution is 2.15. The van der Waals surface area contributed by atoms with Gasteiger partial charge in [0, 0.05) is 31.9 Å². The molecule has 4 rings (SSSR count). The number of piperazine rings is 1. The van der Waals surface area contributed by atoms with E-state index in [0.717, 1.165) is 26.2 Å². The van der Waals surface area contributed by atoms with Gasteiger partial charge in [-0.3, -0.25) is 9.69 Å². The van der Waals surface area contributed by atoms with Crippen molar-refractivity contribution in [3.63, 3.8) is 0 Å². The summed E-state index contributed by atoms with van der Waals surface area (Å²) in [6, 6.07) is 17.8. The third-order valence-corrected chi connectivity index (χ3v) is 4.46. The summed E-state index contributed by atoms with van der Waals surface area (Å²) in [6.45, 7) is 4.17. The monoisotopic (exact) mass is 321 g/mol. The zero-order chi connectivity index (χ0) is 16.4. The number of aromatic nitrogens is 3. The maximum atomic E-state index is 12.5. The van der Waals surface area contributed by atoms with Crippen LogP contribution in [0, 0.1) is 0 Å². The van der Waals surface area contributed by atoms with Crippen molar-refractivity contribution in [2.75, 3.05) is 31.1 Å². The van der Waals surface area contributed by atoms with E-state index in [9.17, 15) is 4.79 Å². The maximum absolute atomic E-state index is 12.5. The molecule has 0 atom stereocenters. The minimum atomic E-state index is -0.0777. The Bertz CT molecular complexity index is 885. The van der Waals surface area contributed by atoms with Crippen LogP contribution in [0.3, 0.4) is 0 Å². The van der Waals surface area contributed by atoms with E-state index in [0.29, 0.717) is 17.6 Å². The van der Waals surface area contributed by atoms with Gasteiger partial charge in [-0.05, 0) is 24.3 Å². The standard InChI is InChI=1S/C18H19N5O/c24-18-16-8-4-5-9-17(16)19-20-23(18)14-21-10-12-22(13-11-21)15-6-2-1-3-7-15/h1-9H,10-14H2. The van der Waals surface area contributed by atoms with Gasteiger partial charge in [-0.1, -0.05) is 35.5 Å². The molecule has 1 aliphatic rings. The van der Waals surface area contributed by atoms with E-state index in [2.05, 4.69) is 44.4 Å². The molecule has 122 valence electrons. The molecule has 0 radical (unpaired) electrons. The molecule has 0 spiro atoms. The van der Waals surface area contributed by atoms with Crippen molar-refractivity contribution in [1.82, 2.24) is 19.9 Å².